The van der Waals surface area contributed by atoms with Gasteiger partial charge in [-0.2, -0.15) is 15.1 Å². The average Bonchev–Trinajstić information content (AvgIpc) is 3.26. The van der Waals surface area contributed by atoms with Gasteiger partial charge < -0.3 is 4.57 Å². The number of nitrogens with one attached hydrogen (secondary N) is 1. The molecular formula is C18H14BrN5OS. The van der Waals surface area contributed by atoms with Crippen LogP contribution in [0.25, 0.3) is 11.8 Å². The van der Waals surface area contributed by atoms with E-state index in [1.54, 1.807) is 6.08 Å². The zero-order valence-corrected chi connectivity index (χ0v) is 16.2. The molecule has 0 spiro atoms. The van der Waals surface area contributed by atoms with E-state index in [9.17, 15) is 4.79 Å². The first-order valence-electron chi connectivity index (χ1n) is 7.99. The molecule has 0 fully saturated rings. The van der Waals surface area contributed by atoms with E-state index < -0.39 is 5.91 Å². The molecule has 4 rings (SSSR count). The predicted octanol–water partition coefficient (Wildman–Crippen LogP) is 4.27. The van der Waals surface area contributed by atoms with Crippen LogP contribution in [0.3, 0.4) is 0 Å². The molecule has 0 unspecified atom stereocenters. The van der Waals surface area contributed by atoms with E-state index in [0.717, 1.165) is 27.3 Å². The first-order valence-corrected chi connectivity index (χ1v) is 9.60. The second kappa shape index (κ2) is 6.69. The molecule has 0 saturated heterocycles. The Morgan fingerprint density at radius 3 is 2.77 bits per heavy atom. The van der Waals surface area contributed by atoms with Gasteiger partial charge in [-0.15, -0.1) is 0 Å². The van der Waals surface area contributed by atoms with Crippen molar-refractivity contribution >= 4 is 55.7 Å². The average molecular weight is 428 g/mol. The van der Waals surface area contributed by atoms with Gasteiger partial charge in [0.05, 0.1) is 5.57 Å². The van der Waals surface area contributed by atoms with Crippen LogP contribution in [0.4, 0.5) is 0 Å². The molecule has 1 amide bonds. The number of hydrogen-bond donors (Lipinski definition) is 1. The van der Waals surface area contributed by atoms with Gasteiger partial charge in [0.25, 0.3) is 5.91 Å². The monoisotopic (exact) mass is 427 g/mol. The molecule has 0 aliphatic carbocycles. The Bertz CT molecular complexity index is 1000. The zero-order valence-electron chi connectivity index (χ0n) is 13.8. The van der Waals surface area contributed by atoms with Crippen LogP contribution in [0.5, 0.6) is 0 Å². The van der Waals surface area contributed by atoms with E-state index in [0.29, 0.717) is 5.17 Å². The van der Waals surface area contributed by atoms with Crippen molar-refractivity contribution in [3.63, 3.8) is 0 Å². The number of aliphatic imine (C=N–C) groups is 1. The minimum Gasteiger partial charge on any atom is -0.317 e. The summed E-state index contributed by atoms with van der Waals surface area (Å²) in [7, 11) is 0. The SMILES string of the molecule is CCC1=NN2C(=N)/C(=C\c3cccn3-c3ccc(Br)cc3)C(=O)N=C2S1. The summed E-state index contributed by atoms with van der Waals surface area (Å²) in [6.07, 6.45) is 4.35. The van der Waals surface area contributed by atoms with Gasteiger partial charge in [0.1, 0.15) is 5.04 Å². The number of benzene rings is 1. The smallest absolute Gasteiger partial charge is 0.283 e. The van der Waals surface area contributed by atoms with Gasteiger partial charge >= 0.3 is 0 Å². The maximum atomic E-state index is 12.5. The molecule has 8 heteroatoms. The number of carbonyl (C=O) groups is 1. The van der Waals surface area contributed by atoms with Crippen LogP contribution in [-0.2, 0) is 4.79 Å². The number of rotatable bonds is 3. The summed E-state index contributed by atoms with van der Waals surface area (Å²) in [5, 5.41) is 15.5. The van der Waals surface area contributed by atoms with Crippen LogP contribution in [0, 0.1) is 5.41 Å². The molecule has 2 aromatic rings. The maximum absolute atomic E-state index is 12.5. The molecule has 1 aromatic heterocycles. The summed E-state index contributed by atoms with van der Waals surface area (Å²) in [4.78, 5) is 16.6. The highest BCUT2D eigenvalue weighted by Crippen LogP contribution is 2.29. The first kappa shape index (κ1) is 17.0. The number of aromatic nitrogens is 1. The third-order valence-corrected chi connectivity index (χ3v) is 5.56. The molecule has 0 saturated carbocycles. The molecule has 2 aliphatic heterocycles. The van der Waals surface area contributed by atoms with Crippen molar-refractivity contribution in [1.82, 2.24) is 9.58 Å². The molecule has 2 aliphatic rings. The molecule has 3 heterocycles. The van der Waals surface area contributed by atoms with Gasteiger partial charge in [0.15, 0.2) is 5.84 Å². The molecule has 6 nitrogen and oxygen atoms in total. The van der Waals surface area contributed by atoms with E-state index in [1.807, 2.05) is 54.1 Å². The third kappa shape index (κ3) is 2.95. The Morgan fingerprint density at radius 1 is 1.27 bits per heavy atom. The third-order valence-electron chi connectivity index (χ3n) is 3.98. The number of halogens is 1. The van der Waals surface area contributed by atoms with E-state index in [4.69, 9.17) is 5.41 Å². The van der Waals surface area contributed by atoms with Gasteiger partial charge in [0.2, 0.25) is 5.17 Å². The molecule has 1 aromatic carbocycles. The molecule has 26 heavy (non-hydrogen) atoms. The zero-order chi connectivity index (χ0) is 18.3. The summed E-state index contributed by atoms with van der Waals surface area (Å²) >= 11 is 4.77. The quantitative estimate of drug-likeness (QED) is 0.743. The topological polar surface area (TPSA) is 73.8 Å². The second-order valence-corrected chi connectivity index (χ2v) is 7.60. The number of amidine groups is 2. The number of thioether (sulfide) groups is 1. The van der Waals surface area contributed by atoms with Crippen molar-refractivity contribution in [3.05, 3.63) is 58.3 Å². The summed E-state index contributed by atoms with van der Waals surface area (Å²) in [5.41, 5.74) is 1.99. The molecule has 0 atom stereocenters. The fraction of sp³-hybridized carbons (Fsp3) is 0.111. The number of fused-ring (bicyclic) bond motifs is 1. The fourth-order valence-corrected chi connectivity index (χ4v) is 3.76. The predicted molar refractivity (Wildman–Crippen MR) is 109 cm³/mol. The van der Waals surface area contributed by atoms with Gasteiger partial charge in [0, 0.05) is 22.1 Å². The Hall–Kier alpha value is -2.45. The lowest BCUT2D eigenvalue weighted by Crippen LogP contribution is -2.35. The lowest BCUT2D eigenvalue weighted by atomic mass is 10.1. The van der Waals surface area contributed by atoms with Crippen molar-refractivity contribution in [3.8, 4) is 5.69 Å². The maximum Gasteiger partial charge on any atom is 0.283 e. The van der Waals surface area contributed by atoms with E-state index >= 15 is 0 Å². The fourth-order valence-electron chi connectivity index (χ4n) is 2.67. The van der Waals surface area contributed by atoms with Gasteiger partial charge in [-0.05, 0) is 60.7 Å². The van der Waals surface area contributed by atoms with E-state index in [2.05, 4.69) is 26.0 Å². The molecule has 0 radical (unpaired) electrons. The minimum atomic E-state index is -0.412. The first-order chi connectivity index (χ1) is 12.6. The lowest BCUT2D eigenvalue weighted by Gasteiger charge is -2.20. The Balaban J connectivity index is 1.73. The number of amides is 1. The van der Waals surface area contributed by atoms with Crippen molar-refractivity contribution in [2.75, 3.05) is 0 Å². The van der Waals surface area contributed by atoms with Crippen molar-refractivity contribution in [2.24, 2.45) is 10.1 Å². The minimum absolute atomic E-state index is 0.0551. The number of hydrazone groups is 1. The summed E-state index contributed by atoms with van der Waals surface area (Å²) in [6.45, 7) is 1.98. The summed E-state index contributed by atoms with van der Waals surface area (Å²) in [5.74, 6) is -0.357. The number of nitrogens with zero attached hydrogens (tertiary/aromatic N) is 4. The van der Waals surface area contributed by atoms with Crippen LogP contribution in [0.15, 0.2) is 62.7 Å². The van der Waals surface area contributed by atoms with Crippen LogP contribution >= 0.6 is 27.7 Å². The van der Waals surface area contributed by atoms with Gasteiger partial charge in [-0.25, -0.2) is 0 Å². The summed E-state index contributed by atoms with van der Waals surface area (Å²) < 4.78 is 2.95. The standard InChI is InChI=1S/C18H14BrN5OS/c1-2-15-22-24-16(20)14(17(25)21-18(24)26-15)10-13-4-3-9-23(13)12-7-5-11(19)6-8-12/h3-10,20H,2H2,1H3/b14-10+,20-16?. The van der Waals surface area contributed by atoms with Crippen LogP contribution < -0.4 is 0 Å². The Kier molecular flexibility index (Phi) is 4.37. The lowest BCUT2D eigenvalue weighted by molar-refractivity contribution is -0.114. The normalized spacial score (nSPS) is 18.2. The molecule has 0 bridgehead atoms. The number of carbonyl (C=O) groups excluding carboxylic acids is 1. The second-order valence-electron chi connectivity index (χ2n) is 5.65. The van der Waals surface area contributed by atoms with Crippen molar-refractivity contribution < 1.29 is 4.79 Å². The van der Waals surface area contributed by atoms with Crippen LogP contribution in [0.2, 0.25) is 0 Å². The van der Waals surface area contributed by atoms with Crippen LogP contribution in [0.1, 0.15) is 19.0 Å². The van der Waals surface area contributed by atoms with Crippen molar-refractivity contribution in [1.29, 1.82) is 5.41 Å². The summed E-state index contributed by atoms with van der Waals surface area (Å²) in [6, 6.07) is 11.7. The Labute approximate surface area is 162 Å². The molecule has 1 N–H and O–H groups in total. The van der Waals surface area contributed by atoms with E-state index in [-0.39, 0.29) is 11.4 Å². The van der Waals surface area contributed by atoms with Gasteiger partial charge in [-0.3, -0.25) is 10.2 Å². The van der Waals surface area contributed by atoms with Crippen molar-refractivity contribution in [2.45, 2.75) is 13.3 Å². The number of hydrogen-bond acceptors (Lipinski definition) is 4. The molecule has 130 valence electrons. The van der Waals surface area contributed by atoms with Crippen LogP contribution in [-0.4, -0.2) is 31.5 Å². The molecular weight excluding hydrogens is 414 g/mol. The highest BCUT2D eigenvalue weighted by molar-refractivity contribution is 9.10. The highest BCUT2D eigenvalue weighted by Gasteiger charge is 2.35. The van der Waals surface area contributed by atoms with E-state index in [1.165, 1.54) is 16.8 Å². The highest BCUT2D eigenvalue weighted by atomic mass is 79.9. The van der Waals surface area contributed by atoms with Gasteiger partial charge in [-0.1, -0.05) is 22.9 Å². The Morgan fingerprint density at radius 2 is 2.04 bits per heavy atom. The largest absolute Gasteiger partial charge is 0.317 e.